The number of rotatable bonds is 14. The van der Waals surface area contributed by atoms with Crippen molar-refractivity contribution in [3.05, 3.63) is 0 Å². The number of hydrogen-bond donors (Lipinski definition) is 6. The van der Waals surface area contributed by atoms with Crippen molar-refractivity contribution in [2.45, 2.75) is 77.7 Å². The maximum Gasteiger partial charge on any atom is 0.326 e. The zero-order valence-electron chi connectivity index (χ0n) is 19.2. The van der Waals surface area contributed by atoms with Crippen LogP contribution in [0, 0.1) is 11.8 Å². The molecule has 0 aromatic heterocycles. The summed E-state index contributed by atoms with van der Waals surface area (Å²) < 4.78 is 0. The third-order valence-electron chi connectivity index (χ3n) is 5.10. The van der Waals surface area contributed by atoms with Crippen LogP contribution in [0.4, 0.5) is 0 Å². The van der Waals surface area contributed by atoms with Crippen molar-refractivity contribution >= 4 is 35.5 Å². The van der Waals surface area contributed by atoms with Gasteiger partial charge in [0.25, 0.3) is 0 Å². The van der Waals surface area contributed by atoms with E-state index in [4.69, 9.17) is 5.73 Å². The summed E-state index contributed by atoms with van der Waals surface area (Å²) in [7, 11) is 0. The average molecular weight is 463 g/mol. The highest BCUT2D eigenvalue weighted by Gasteiger charge is 2.34. The summed E-state index contributed by atoms with van der Waals surface area (Å²) in [6, 6.07) is -4.30. The Hall–Kier alpha value is -1.85. The van der Waals surface area contributed by atoms with Gasteiger partial charge in [0.05, 0.1) is 12.1 Å². The molecule has 0 aromatic carbocycles. The van der Waals surface area contributed by atoms with E-state index in [1.54, 1.807) is 20.8 Å². The highest BCUT2D eigenvalue weighted by atomic mass is 32.2. The lowest BCUT2D eigenvalue weighted by molar-refractivity contribution is -0.143. The lowest BCUT2D eigenvalue weighted by atomic mass is 9.96. The summed E-state index contributed by atoms with van der Waals surface area (Å²) >= 11 is 1.44. The minimum absolute atomic E-state index is 0.133. The molecule has 180 valence electrons. The molecule has 10 nitrogen and oxygen atoms in total. The number of aliphatic hydroxyl groups is 1. The molecule has 6 atom stereocenters. The first-order valence-corrected chi connectivity index (χ1v) is 11.8. The Morgan fingerprint density at radius 2 is 1.45 bits per heavy atom. The van der Waals surface area contributed by atoms with E-state index in [-0.39, 0.29) is 18.3 Å². The molecule has 0 saturated carbocycles. The van der Waals surface area contributed by atoms with Crippen molar-refractivity contribution in [3.8, 4) is 0 Å². The molecule has 0 aliphatic rings. The van der Waals surface area contributed by atoms with Crippen molar-refractivity contribution in [2.24, 2.45) is 17.6 Å². The number of aliphatic hydroxyl groups excluding tert-OH is 1. The smallest absolute Gasteiger partial charge is 0.326 e. The molecule has 0 aliphatic carbocycles. The SMILES string of the molecule is CCC(C)C(NC(=O)C(N)C(C)C)C(=O)NC(C(=O)NC(CCSC)C(=O)O)C(C)O. The second-order valence-electron chi connectivity index (χ2n) is 8.05. The number of nitrogens with one attached hydrogen (secondary N) is 3. The third kappa shape index (κ3) is 9.88. The van der Waals surface area contributed by atoms with E-state index >= 15 is 0 Å². The summed E-state index contributed by atoms with van der Waals surface area (Å²) in [6.07, 6.45) is 1.29. The van der Waals surface area contributed by atoms with E-state index in [9.17, 15) is 29.4 Å². The second-order valence-corrected chi connectivity index (χ2v) is 9.03. The fraction of sp³-hybridized carbons (Fsp3) is 0.800. The van der Waals surface area contributed by atoms with Gasteiger partial charge in [0, 0.05) is 0 Å². The summed E-state index contributed by atoms with van der Waals surface area (Å²) in [6.45, 7) is 8.50. The predicted octanol–water partition coefficient (Wildman–Crippen LogP) is -0.311. The molecule has 0 radical (unpaired) electrons. The molecule has 0 heterocycles. The lowest BCUT2D eigenvalue weighted by Crippen LogP contribution is -2.61. The van der Waals surface area contributed by atoms with Crippen molar-refractivity contribution in [3.63, 3.8) is 0 Å². The third-order valence-corrected chi connectivity index (χ3v) is 5.75. The number of carbonyl (C=O) groups is 4. The number of carboxylic acid groups (broad SMARTS) is 1. The fourth-order valence-electron chi connectivity index (χ4n) is 2.66. The largest absolute Gasteiger partial charge is 0.480 e. The molecule has 0 fully saturated rings. The number of carboxylic acids is 1. The van der Waals surface area contributed by atoms with Crippen LogP contribution in [0.2, 0.25) is 0 Å². The van der Waals surface area contributed by atoms with E-state index in [0.29, 0.717) is 12.2 Å². The predicted molar refractivity (Wildman–Crippen MR) is 120 cm³/mol. The second kappa shape index (κ2) is 14.3. The molecule has 31 heavy (non-hydrogen) atoms. The van der Waals surface area contributed by atoms with Crippen LogP contribution in [0.3, 0.4) is 0 Å². The Balaban J connectivity index is 5.44. The molecular weight excluding hydrogens is 424 g/mol. The molecular formula is C20H38N4O6S. The van der Waals surface area contributed by atoms with Gasteiger partial charge in [-0.2, -0.15) is 11.8 Å². The molecule has 0 aliphatic heterocycles. The average Bonchev–Trinajstić information content (AvgIpc) is 2.70. The minimum Gasteiger partial charge on any atom is -0.480 e. The molecule has 7 N–H and O–H groups in total. The van der Waals surface area contributed by atoms with E-state index in [1.807, 2.05) is 13.2 Å². The van der Waals surface area contributed by atoms with Crippen LogP contribution in [-0.2, 0) is 19.2 Å². The quantitative estimate of drug-likeness (QED) is 0.204. The van der Waals surface area contributed by atoms with Crippen molar-refractivity contribution in [1.82, 2.24) is 16.0 Å². The first kappa shape index (κ1) is 29.1. The monoisotopic (exact) mass is 462 g/mol. The molecule has 0 rings (SSSR count). The van der Waals surface area contributed by atoms with E-state index < -0.39 is 54.0 Å². The van der Waals surface area contributed by atoms with Gasteiger partial charge in [0.2, 0.25) is 17.7 Å². The van der Waals surface area contributed by atoms with E-state index in [2.05, 4.69) is 16.0 Å². The zero-order chi connectivity index (χ0) is 24.3. The summed E-state index contributed by atoms with van der Waals surface area (Å²) in [5.74, 6) is -3.05. The fourth-order valence-corrected chi connectivity index (χ4v) is 3.13. The zero-order valence-corrected chi connectivity index (χ0v) is 20.0. The van der Waals surface area contributed by atoms with Gasteiger partial charge in [0.15, 0.2) is 0 Å². The van der Waals surface area contributed by atoms with Gasteiger partial charge < -0.3 is 31.9 Å². The van der Waals surface area contributed by atoms with Crippen molar-refractivity contribution in [2.75, 3.05) is 12.0 Å². The van der Waals surface area contributed by atoms with Gasteiger partial charge in [-0.1, -0.05) is 34.1 Å². The van der Waals surface area contributed by atoms with E-state index in [0.717, 1.165) is 0 Å². The minimum atomic E-state index is -1.38. The summed E-state index contributed by atoms with van der Waals surface area (Å²) in [5.41, 5.74) is 5.87. The van der Waals surface area contributed by atoms with E-state index in [1.165, 1.54) is 18.7 Å². The Morgan fingerprint density at radius 3 is 1.87 bits per heavy atom. The molecule has 0 aromatic rings. The Bertz CT molecular complexity index is 616. The molecule has 6 unspecified atom stereocenters. The van der Waals surface area contributed by atoms with Crippen LogP contribution >= 0.6 is 11.8 Å². The molecule has 3 amide bonds. The number of amides is 3. The number of carbonyl (C=O) groups excluding carboxylic acids is 3. The van der Waals surface area contributed by atoms with Crippen LogP contribution in [0.15, 0.2) is 0 Å². The molecule has 0 saturated heterocycles. The number of hydrogen-bond acceptors (Lipinski definition) is 7. The number of thioether (sulfide) groups is 1. The van der Waals surface area contributed by atoms with Crippen molar-refractivity contribution < 1.29 is 29.4 Å². The molecule has 11 heteroatoms. The van der Waals surface area contributed by atoms with Crippen LogP contribution in [-0.4, -0.2) is 76.2 Å². The number of nitrogens with two attached hydrogens (primary N) is 1. The first-order chi connectivity index (χ1) is 14.4. The molecule has 0 spiro atoms. The van der Waals surface area contributed by atoms with Gasteiger partial charge in [-0.05, 0) is 37.2 Å². The van der Waals surface area contributed by atoms with Crippen LogP contribution < -0.4 is 21.7 Å². The summed E-state index contributed by atoms with van der Waals surface area (Å²) in [4.78, 5) is 49.3. The first-order valence-electron chi connectivity index (χ1n) is 10.4. The van der Waals surface area contributed by atoms with Gasteiger partial charge >= 0.3 is 5.97 Å². The van der Waals surface area contributed by atoms with Crippen LogP contribution in [0.1, 0.15) is 47.5 Å². The normalized spacial score (nSPS) is 17.1. The van der Waals surface area contributed by atoms with Crippen LogP contribution in [0.25, 0.3) is 0 Å². The van der Waals surface area contributed by atoms with Gasteiger partial charge in [-0.3, -0.25) is 14.4 Å². The highest BCUT2D eigenvalue weighted by molar-refractivity contribution is 7.98. The standard InChI is InChI=1S/C20H38N4O6S/c1-7-11(4)15(23-17(26)14(21)10(2)3)18(27)24-16(12(5)25)19(28)22-13(20(29)30)8-9-31-6/h10-16,25H,7-9,21H2,1-6H3,(H,22,28)(H,23,26)(H,24,27)(H,29,30). The maximum atomic E-state index is 12.9. The van der Waals surface area contributed by atoms with Gasteiger partial charge in [0.1, 0.15) is 18.1 Å². The van der Waals surface area contributed by atoms with Crippen molar-refractivity contribution in [1.29, 1.82) is 0 Å². The summed E-state index contributed by atoms with van der Waals surface area (Å²) in [5, 5.41) is 26.8. The Kier molecular flexibility index (Phi) is 13.4. The van der Waals surface area contributed by atoms with Gasteiger partial charge in [-0.25, -0.2) is 4.79 Å². The topological polar surface area (TPSA) is 171 Å². The number of aliphatic carboxylic acids is 1. The lowest BCUT2D eigenvalue weighted by Gasteiger charge is -2.29. The Morgan fingerprint density at radius 1 is 0.935 bits per heavy atom. The van der Waals surface area contributed by atoms with Crippen LogP contribution in [0.5, 0.6) is 0 Å². The highest BCUT2D eigenvalue weighted by Crippen LogP contribution is 2.11. The Labute approximate surface area is 188 Å². The van der Waals surface area contributed by atoms with Gasteiger partial charge in [-0.15, -0.1) is 0 Å². The maximum absolute atomic E-state index is 12.9. The molecule has 0 bridgehead atoms.